The van der Waals surface area contributed by atoms with Crippen molar-refractivity contribution in [2.75, 3.05) is 31.1 Å². The van der Waals surface area contributed by atoms with Gasteiger partial charge in [0.05, 0.1) is 21.2 Å². The molecule has 4 rings (SSSR count). The molecule has 0 spiro atoms. The second-order valence-electron chi connectivity index (χ2n) is 7.06. The van der Waals surface area contributed by atoms with Gasteiger partial charge in [-0.3, -0.25) is 0 Å². The van der Waals surface area contributed by atoms with E-state index < -0.39 is 27.6 Å². The summed E-state index contributed by atoms with van der Waals surface area (Å²) in [6.07, 6.45) is -4.62. The molecule has 1 fully saturated rings. The first-order valence-electron chi connectivity index (χ1n) is 9.39. The van der Waals surface area contributed by atoms with E-state index in [2.05, 4.69) is 4.98 Å². The Balaban J connectivity index is 1.46. The minimum atomic E-state index is -4.62. The molecule has 12 heteroatoms. The van der Waals surface area contributed by atoms with Crippen LogP contribution in [0.5, 0.6) is 0 Å². The molecule has 5 nitrogen and oxygen atoms in total. The number of nitrogens with zero attached hydrogens (tertiary/aromatic N) is 3. The molecule has 1 aromatic heterocycles. The lowest BCUT2D eigenvalue weighted by atomic mass is 10.2. The maximum Gasteiger partial charge on any atom is 0.416 e. The van der Waals surface area contributed by atoms with E-state index >= 15 is 0 Å². The molecule has 0 N–H and O–H groups in total. The Morgan fingerprint density at radius 2 is 1.75 bits per heavy atom. The topological polar surface area (TPSA) is 53.5 Å². The minimum absolute atomic E-state index is 0.00883. The van der Waals surface area contributed by atoms with Crippen LogP contribution in [0.4, 0.5) is 22.7 Å². The van der Waals surface area contributed by atoms with Gasteiger partial charge in [-0.15, -0.1) is 11.3 Å². The Kier molecular flexibility index (Phi) is 6.19. The summed E-state index contributed by atoms with van der Waals surface area (Å²) in [6.45, 7) is 0.871. The average Bonchev–Trinajstić information content (AvgIpc) is 3.25. The highest BCUT2D eigenvalue weighted by atomic mass is 35.5. The first-order valence-corrected chi connectivity index (χ1v) is 12.1. The molecule has 0 bridgehead atoms. The Hall–Kier alpha value is -2.21. The normalized spacial score (nSPS) is 15.8. The number of anilines is 1. The van der Waals surface area contributed by atoms with E-state index in [9.17, 15) is 26.0 Å². The Morgan fingerprint density at radius 3 is 2.41 bits per heavy atom. The summed E-state index contributed by atoms with van der Waals surface area (Å²) in [5.41, 5.74) is 0.268. The zero-order chi connectivity index (χ0) is 23.1. The molecule has 32 heavy (non-hydrogen) atoms. The van der Waals surface area contributed by atoms with Crippen molar-refractivity contribution < 1.29 is 26.0 Å². The van der Waals surface area contributed by atoms with Gasteiger partial charge in [0.15, 0.2) is 5.13 Å². The van der Waals surface area contributed by atoms with E-state index in [0.717, 1.165) is 18.2 Å². The third-order valence-corrected chi connectivity index (χ3v) is 8.10. The van der Waals surface area contributed by atoms with Crippen LogP contribution in [0.3, 0.4) is 0 Å². The first kappa shape index (κ1) is 23.0. The van der Waals surface area contributed by atoms with Crippen LogP contribution in [-0.2, 0) is 16.2 Å². The lowest BCUT2D eigenvalue weighted by Gasteiger charge is -2.33. The van der Waals surface area contributed by atoms with Crippen LogP contribution in [0.15, 0.2) is 52.7 Å². The van der Waals surface area contributed by atoms with E-state index in [-0.39, 0.29) is 23.0 Å². The van der Waals surface area contributed by atoms with E-state index in [1.54, 1.807) is 11.4 Å². The lowest BCUT2D eigenvalue weighted by molar-refractivity contribution is -0.137. The summed E-state index contributed by atoms with van der Waals surface area (Å²) < 4.78 is 79.1. The second kappa shape index (κ2) is 8.62. The minimum Gasteiger partial charge on any atom is -0.345 e. The van der Waals surface area contributed by atoms with Crippen LogP contribution in [0, 0.1) is 5.82 Å². The second-order valence-corrected chi connectivity index (χ2v) is 10.2. The Labute approximate surface area is 190 Å². The molecule has 0 radical (unpaired) electrons. The highest BCUT2D eigenvalue weighted by Gasteiger charge is 2.34. The van der Waals surface area contributed by atoms with Crippen molar-refractivity contribution in [2.45, 2.75) is 11.1 Å². The van der Waals surface area contributed by atoms with Crippen LogP contribution in [0.1, 0.15) is 5.56 Å². The molecule has 0 amide bonds. The largest absolute Gasteiger partial charge is 0.416 e. The van der Waals surface area contributed by atoms with Gasteiger partial charge in [-0.2, -0.15) is 17.5 Å². The Morgan fingerprint density at radius 1 is 1.03 bits per heavy atom. The summed E-state index contributed by atoms with van der Waals surface area (Å²) in [7, 11) is -4.06. The molecule has 0 saturated carbocycles. The van der Waals surface area contributed by atoms with Crippen LogP contribution >= 0.6 is 22.9 Å². The summed E-state index contributed by atoms with van der Waals surface area (Å²) in [5.74, 6) is -0.524. The highest BCUT2D eigenvalue weighted by molar-refractivity contribution is 7.89. The van der Waals surface area contributed by atoms with Gasteiger partial charge >= 0.3 is 6.18 Å². The van der Waals surface area contributed by atoms with Gasteiger partial charge in [-0.1, -0.05) is 17.7 Å². The van der Waals surface area contributed by atoms with Gasteiger partial charge in [0.2, 0.25) is 10.0 Å². The van der Waals surface area contributed by atoms with Crippen molar-refractivity contribution in [3.63, 3.8) is 0 Å². The molecule has 2 aromatic carbocycles. The van der Waals surface area contributed by atoms with Crippen LogP contribution in [0.2, 0.25) is 5.02 Å². The SMILES string of the molecule is O=S(=O)(c1cccc(C(F)(F)F)c1)N1CCN(c2nc(-c3ccc(F)c(Cl)c3)cs2)CC1. The monoisotopic (exact) mass is 505 g/mol. The van der Waals surface area contributed by atoms with Gasteiger partial charge in [-0.05, 0) is 36.4 Å². The zero-order valence-corrected chi connectivity index (χ0v) is 18.7. The molecule has 0 aliphatic carbocycles. The quantitative estimate of drug-likeness (QED) is 0.461. The Bertz CT molecular complexity index is 1240. The number of aromatic nitrogens is 1. The molecule has 0 unspecified atom stereocenters. The molecule has 0 atom stereocenters. The molecule has 2 heterocycles. The average molecular weight is 506 g/mol. The molecular weight excluding hydrogens is 490 g/mol. The number of alkyl halides is 3. The highest BCUT2D eigenvalue weighted by Crippen LogP contribution is 2.33. The van der Waals surface area contributed by atoms with Crippen molar-refractivity contribution in [1.82, 2.24) is 9.29 Å². The third-order valence-electron chi connectivity index (χ3n) is 5.02. The molecule has 1 aliphatic rings. The van der Waals surface area contributed by atoms with Crippen molar-refractivity contribution >= 4 is 38.1 Å². The van der Waals surface area contributed by atoms with Crippen molar-refractivity contribution in [2.24, 2.45) is 0 Å². The molecular formula is C20H16ClF4N3O2S2. The van der Waals surface area contributed by atoms with Gasteiger partial charge in [0.25, 0.3) is 0 Å². The van der Waals surface area contributed by atoms with Gasteiger partial charge < -0.3 is 4.90 Å². The van der Waals surface area contributed by atoms with E-state index in [1.807, 2.05) is 4.90 Å². The van der Waals surface area contributed by atoms with E-state index in [1.165, 1.54) is 27.8 Å². The van der Waals surface area contributed by atoms with Crippen LogP contribution in [-0.4, -0.2) is 43.9 Å². The fourth-order valence-electron chi connectivity index (χ4n) is 3.30. The zero-order valence-electron chi connectivity index (χ0n) is 16.3. The maximum absolute atomic E-state index is 13.4. The standard InChI is InChI=1S/C20H16ClF4N3O2S2/c21-16-10-13(4-5-17(16)22)18-12-31-19(26-18)27-6-8-28(9-7-27)32(29,30)15-3-1-2-14(11-15)20(23,24)25/h1-5,10-12H,6-9H2. The summed E-state index contributed by atoms with van der Waals surface area (Å²) in [5, 5.41) is 2.45. The smallest absolute Gasteiger partial charge is 0.345 e. The maximum atomic E-state index is 13.4. The van der Waals surface area contributed by atoms with Crippen molar-refractivity contribution in [3.05, 3.63) is 64.2 Å². The number of piperazine rings is 1. The first-order chi connectivity index (χ1) is 15.1. The fraction of sp³-hybridized carbons (Fsp3) is 0.250. The molecule has 1 saturated heterocycles. The number of hydrogen-bond acceptors (Lipinski definition) is 5. The fourth-order valence-corrected chi connectivity index (χ4v) is 5.84. The molecule has 1 aliphatic heterocycles. The number of thiazole rings is 1. The van der Waals surface area contributed by atoms with Gasteiger partial charge in [-0.25, -0.2) is 17.8 Å². The van der Waals surface area contributed by atoms with Gasteiger partial charge in [0, 0.05) is 37.1 Å². The number of rotatable bonds is 4. The molecule has 3 aromatic rings. The van der Waals surface area contributed by atoms with Crippen molar-refractivity contribution in [1.29, 1.82) is 0 Å². The number of halogens is 5. The van der Waals surface area contributed by atoms with E-state index in [4.69, 9.17) is 11.6 Å². The predicted octanol–water partition coefficient (Wildman–Crippen LogP) is 5.13. The van der Waals surface area contributed by atoms with Crippen LogP contribution < -0.4 is 4.90 Å². The predicted molar refractivity (Wildman–Crippen MR) is 115 cm³/mol. The van der Waals surface area contributed by atoms with E-state index in [0.29, 0.717) is 35.5 Å². The van der Waals surface area contributed by atoms with Crippen molar-refractivity contribution in [3.8, 4) is 11.3 Å². The number of benzene rings is 2. The summed E-state index contributed by atoms with van der Waals surface area (Å²) >= 11 is 7.18. The summed E-state index contributed by atoms with van der Waals surface area (Å²) in [4.78, 5) is 6.05. The van der Waals surface area contributed by atoms with Gasteiger partial charge in [0.1, 0.15) is 5.82 Å². The number of sulfonamides is 1. The number of hydrogen-bond donors (Lipinski definition) is 0. The molecule has 170 valence electrons. The van der Waals surface area contributed by atoms with Crippen LogP contribution in [0.25, 0.3) is 11.3 Å². The lowest BCUT2D eigenvalue weighted by Crippen LogP contribution is -2.48. The summed E-state index contributed by atoms with van der Waals surface area (Å²) in [6, 6.07) is 8.06. The third kappa shape index (κ3) is 4.61.